The first kappa shape index (κ1) is 17.9. The maximum absolute atomic E-state index is 12.8. The van der Waals surface area contributed by atoms with Crippen molar-refractivity contribution in [1.29, 1.82) is 0 Å². The molecule has 1 rings (SSSR count). The molecule has 0 radical (unpaired) electrons. The molecule has 0 aliphatic carbocycles. The summed E-state index contributed by atoms with van der Waals surface area (Å²) >= 11 is 6.05. The zero-order valence-electron chi connectivity index (χ0n) is 13.5. The minimum Gasteiger partial charge on any atom is -0.383 e. The second-order valence-electron chi connectivity index (χ2n) is 5.51. The third-order valence-corrected chi connectivity index (χ3v) is 3.77. The monoisotopic (exact) mass is 312 g/mol. The molecule has 1 amide bonds. The maximum Gasteiger partial charge on any atom is 0.254 e. The summed E-state index contributed by atoms with van der Waals surface area (Å²) in [6, 6.07) is 3.63. The number of rotatable bonds is 7. The number of pyridine rings is 1. The first-order chi connectivity index (χ1) is 9.90. The third-order valence-electron chi connectivity index (χ3n) is 3.57. The van der Waals surface area contributed by atoms with Gasteiger partial charge in [-0.1, -0.05) is 32.4 Å². The van der Waals surface area contributed by atoms with Crippen molar-refractivity contribution < 1.29 is 9.53 Å². The fraction of sp³-hybridized carbons (Fsp3) is 0.625. The molecule has 4 nitrogen and oxygen atoms in total. The molecule has 1 heterocycles. The predicted octanol–water partition coefficient (Wildman–Crippen LogP) is 3.75. The van der Waals surface area contributed by atoms with Gasteiger partial charge in [0.1, 0.15) is 5.15 Å². The van der Waals surface area contributed by atoms with E-state index in [0.717, 1.165) is 12.1 Å². The van der Waals surface area contributed by atoms with Crippen molar-refractivity contribution in [2.75, 3.05) is 20.3 Å². The molecule has 1 atom stereocenters. The van der Waals surface area contributed by atoms with Gasteiger partial charge in [-0.05, 0) is 31.4 Å². The van der Waals surface area contributed by atoms with Crippen LogP contribution < -0.4 is 0 Å². The highest BCUT2D eigenvalue weighted by Crippen LogP contribution is 2.20. The lowest BCUT2D eigenvalue weighted by Gasteiger charge is -2.28. The van der Waals surface area contributed by atoms with E-state index in [-0.39, 0.29) is 17.9 Å². The van der Waals surface area contributed by atoms with Gasteiger partial charge in [0, 0.05) is 31.0 Å². The number of hydrogen-bond donors (Lipinski definition) is 0. The summed E-state index contributed by atoms with van der Waals surface area (Å²) in [5.41, 5.74) is 1.43. The van der Waals surface area contributed by atoms with Crippen LogP contribution in [0.15, 0.2) is 12.1 Å². The maximum atomic E-state index is 12.8. The number of carbonyl (C=O) groups is 1. The molecule has 0 bridgehead atoms. The Bertz CT molecular complexity index is 477. The number of carbonyl (C=O) groups excluding carboxylic acids is 1. The van der Waals surface area contributed by atoms with Gasteiger partial charge in [0.2, 0.25) is 0 Å². The second kappa shape index (κ2) is 8.35. The molecular weight excluding hydrogens is 288 g/mol. The Morgan fingerprint density at radius 3 is 2.57 bits per heavy atom. The molecule has 5 heteroatoms. The Kier molecular flexibility index (Phi) is 7.12. The molecule has 1 aromatic rings. The number of halogens is 1. The first-order valence-corrected chi connectivity index (χ1v) is 7.75. The lowest BCUT2D eigenvalue weighted by molar-refractivity contribution is 0.0613. The molecule has 0 fully saturated rings. The van der Waals surface area contributed by atoms with Gasteiger partial charge in [-0.3, -0.25) is 4.79 Å². The van der Waals surface area contributed by atoms with E-state index in [1.54, 1.807) is 13.2 Å². The van der Waals surface area contributed by atoms with Crippen LogP contribution in [0.1, 0.15) is 56.1 Å². The number of aromatic nitrogens is 1. The highest BCUT2D eigenvalue weighted by atomic mass is 35.5. The normalized spacial score (nSPS) is 12.5. The van der Waals surface area contributed by atoms with Gasteiger partial charge >= 0.3 is 0 Å². The molecule has 1 aromatic heterocycles. The number of ether oxygens (including phenoxy) is 1. The smallest absolute Gasteiger partial charge is 0.254 e. The number of nitrogens with zero attached hydrogens (tertiary/aromatic N) is 2. The van der Waals surface area contributed by atoms with E-state index in [9.17, 15) is 4.79 Å². The van der Waals surface area contributed by atoms with Gasteiger partial charge in [-0.15, -0.1) is 0 Å². The second-order valence-corrected chi connectivity index (χ2v) is 5.89. The minimum atomic E-state index is -0.0207. The largest absolute Gasteiger partial charge is 0.383 e. The number of methoxy groups -OCH3 is 1. The zero-order chi connectivity index (χ0) is 16.0. The van der Waals surface area contributed by atoms with Crippen LogP contribution in [-0.2, 0) is 4.74 Å². The highest BCUT2D eigenvalue weighted by Gasteiger charge is 2.21. The van der Waals surface area contributed by atoms with Crippen LogP contribution in [0.5, 0.6) is 0 Å². The fourth-order valence-corrected chi connectivity index (χ4v) is 2.25. The van der Waals surface area contributed by atoms with Crippen molar-refractivity contribution in [3.05, 3.63) is 28.5 Å². The lowest BCUT2D eigenvalue weighted by atomic mass is 10.1. The topological polar surface area (TPSA) is 42.4 Å². The molecule has 0 saturated carbocycles. The van der Waals surface area contributed by atoms with Gasteiger partial charge in [-0.25, -0.2) is 4.98 Å². The van der Waals surface area contributed by atoms with Crippen LogP contribution >= 0.6 is 11.6 Å². The lowest BCUT2D eigenvalue weighted by Crippen LogP contribution is -2.40. The van der Waals surface area contributed by atoms with E-state index in [2.05, 4.69) is 11.9 Å². The van der Waals surface area contributed by atoms with Crippen molar-refractivity contribution in [2.45, 2.75) is 46.1 Å². The average Bonchev–Trinajstić information content (AvgIpc) is 2.46. The summed E-state index contributed by atoms with van der Waals surface area (Å²) in [5, 5.41) is 0.361. The third kappa shape index (κ3) is 4.97. The van der Waals surface area contributed by atoms with Crippen molar-refractivity contribution in [1.82, 2.24) is 9.88 Å². The predicted molar refractivity (Wildman–Crippen MR) is 86.0 cm³/mol. The molecule has 1 unspecified atom stereocenters. The van der Waals surface area contributed by atoms with Gasteiger partial charge in [0.25, 0.3) is 5.91 Å². The van der Waals surface area contributed by atoms with Crippen LogP contribution in [0, 0.1) is 0 Å². The highest BCUT2D eigenvalue weighted by molar-refractivity contribution is 6.29. The summed E-state index contributed by atoms with van der Waals surface area (Å²) in [6.45, 7) is 9.26. The van der Waals surface area contributed by atoms with E-state index in [4.69, 9.17) is 16.3 Å². The Morgan fingerprint density at radius 2 is 2.05 bits per heavy atom. The Labute approximate surface area is 132 Å². The van der Waals surface area contributed by atoms with Gasteiger partial charge in [0.05, 0.1) is 6.61 Å². The first-order valence-electron chi connectivity index (χ1n) is 7.38. The van der Waals surface area contributed by atoms with E-state index in [0.29, 0.717) is 23.9 Å². The summed E-state index contributed by atoms with van der Waals surface area (Å²) in [6.07, 6.45) is 0.894. The standard InChI is InChI=1S/C16H25ClN2O2/c1-6-12(4)19(7-8-21-5)16(20)13-9-14(11(2)3)18-15(17)10-13/h9-12H,6-8H2,1-5H3. The van der Waals surface area contributed by atoms with Crippen molar-refractivity contribution >= 4 is 17.5 Å². The van der Waals surface area contributed by atoms with Gasteiger partial charge in [0.15, 0.2) is 0 Å². The van der Waals surface area contributed by atoms with Crippen LogP contribution in [-0.4, -0.2) is 42.1 Å². The summed E-state index contributed by atoms with van der Waals surface area (Å²) < 4.78 is 5.11. The van der Waals surface area contributed by atoms with Crippen LogP contribution in [0.3, 0.4) is 0 Å². The molecular formula is C16H25ClN2O2. The van der Waals surface area contributed by atoms with Gasteiger partial charge < -0.3 is 9.64 Å². The minimum absolute atomic E-state index is 0.0207. The average molecular weight is 313 g/mol. The van der Waals surface area contributed by atoms with Crippen LogP contribution in [0.25, 0.3) is 0 Å². The van der Waals surface area contributed by atoms with Crippen molar-refractivity contribution in [3.8, 4) is 0 Å². The quantitative estimate of drug-likeness (QED) is 0.720. The van der Waals surface area contributed by atoms with Crippen molar-refractivity contribution in [3.63, 3.8) is 0 Å². The molecule has 0 aliphatic heterocycles. The number of hydrogen-bond acceptors (Lipinski definition) is 3. The van der Waals surface area contributed by atoms with Crippen molar-refractivity contribution in [2.24, 2.45) is 0 Å². The molecule has 0 spiro atoms. The molecule has 0 aliphatic rings. The Morgan fingerprint density at radius 1 is 1.38 bits per heavy atom. The fourth-order valence-electron chi connectivity index (χ4n) is 2.03. The van der Waals surface area contributed by atoms with Crippen LogP contribution in [0.2, 0.25) is 5.15 Å². The molecule has 0 aromatic carbocycles. The van der Waals surface area contributed by atoms with Crippen LogP contribution in [0.4, 0.5) is 0 Å². The van der Waals surface area contributed by atoms with E-state index >= 15 is 0 Å². The van der Waals surface area contributed by atoms with E-state index in [1.165, 1.54) is 0 Å². The molecule has 118 valence electrons. The zero-order valence-corrected chi connectivity index (χ0v) is 14.3. The van der Waals surface area contributed by atoms with E-state index in [1.807, 2.05) is 31.7 Å². The molecule has 0 N–H and O–H groups in total. The van der Waals surface area contributed by atoms with Gasteiger partial charge in [-0.2, -0.15) is 0 Å². The Balaban J connectivity index is 3.07. The van der Waals surface area contributed by atoms with E-state index < -0.39 is 0 Å². The SMILES string of the molecule is CCC(C)N(CCOC)C(=O)c1cc(Cl)nc(C(C)C)c1. The Hall–Kier alpha value is -1.13. The molecule has 21 heavy (non-hydrogen) atoms. The number of amides is 1. The summed E-state index contributed by atoms with van der Waals surface area (Å²) in [4.78, 5) is 18.9. The summed E-state index contributed by atoms with van der Waals surface area (Å²) in [7, 11) is 1.64. The molecule has 0 saturated heterocycles. The summed E-state index contributed by atoms with van der Waals surface area (Å²) in [5.74, 6) is 0.207.